The fraction of sp³-hybridized carbons (Fsp3) is 0. The van der Waals surface area contributed by atoms with Crippen molar-refractivity contribution in [2.45, 2.75) is 0 Å². The molecule has 0 amide bonds. The predicted molar refractivity (Wildman–Crippen MR) is 81.1 cm³/mol. The van der Waals surface area contributed by atoms with Crippen molar-refractivity contribution in [1.29, 1.82) is 0 Å². The van der Waals surface area contributed by atoms with Gasteiger partial charge in [0, 0.05) is 5.39 Å². The van der Waals surface area contributed by atoms with E-state index in [2.05, 4.69) is 4.98 Å². The van der Waals surface area contributed by atoms with Gasteiger partial charge >= 0.3 is 11.9 Å². The molecule has 3 aromatic rings. The lowest BCUT2D eigenvalue weighted by molar-refractivity contribution is 0.0683. The molecule has 5 nitrogen and oxygen atoms in total. The molecule has 0 aliphatic heterocycles. The van der Waals surface area contributed by atoms with Crippen LogP contribution in [0.1, 0.15) is 20.8 Å². The van der Waals surface area contributed by atoms with Gasteiger partial charge in [0.2, 0.25) is 0 Å². The molecule has 2 N–H and O–H groups in total. The first-order chi connectivity index (χ1) is 10.5. The quantitative estimate of drug-likeness (QED) is 0.773. The maximum absolute atomic E-state index is 10.9. The summed E-state index contributed by atoms with van der Waals surface area (Å²) in [6, 6.07) is 15.2. The Morgan fingerprint density at radius 2 is 1.45 bits per heavy atom. The van der Waals surface area contributed by atoms with Crippen molar-refractivity contribution in [3.63, 3.8) is 0 Å². The molecule has 0 atom stereocenters. The smallest absolute Gasteiger partial charge is 0.354 e. The Labute approximate surface area is 125 Å². The van der Waals surface area contributed by atoms with Gasteiger partial charge in [0.25, 0.3) is 0 Å². The Bertz CT molecular complexity index is 885. The molecule has 0 saturated heterocycles. The summed E-state index contributed by atoms with van der Waals surface area (Å²) in [5.74, 6) is -2.02. The maximum atomic E-state index is 10.9. The van der Waals surface area contributed by atoms with Crippen LogP contribution >= 0.6 is 0 Å². The predicted octanol–water partition coefficient (Wildman–Crippen LogP) is 3.30. The average Bonchev–Trinajstić information content (AvgIpc) is 2.54. The first-order valence-corrected chi connectivity index (χ1v) is 6.52. The average molecular weight is 293 g/mol. The number of nitrogens with zero attached hydrogens (tertiary/aromatic N) is 1. The van der Waals surface area contributed by atoms with E-state index in [1.165, 1.54) is 6.07 Å². The minimum atomic E-state index is -1.06. The van der Waals surface area contributed by atoms with Crippen molar-refractivity contribution in [2.75, 3.05) is 0 Å². The summed E-state index contributed by atoms with van der Waals surface area (Å²) >= 11 is 0. The molecule has 0 aliphatic rings. The molecule has 22 heavy (non-hydrogen) atoms. The van der Waals surface area contributed by atoms with Crippen LogP contribution in [0, 0.1) is 0 Å². The minimum absolute atomic E-state index is 0.00561. The number of hydrogen-bond donors (Lipinski definition) is 2. The van der Waals surface area contributed by atoms with E-state index in [9.17, 15) is 9.59 Å². The Kier molecular flexibility index (Phi) is 3.31. The van der Waals surface area contributed by atoms with Crippen LogP contribution in [0.4, 0.5) is 0 Å². The highest BCUT2D eigenvalue weighted by atomic mass is 16.4. The molecule has 1 aromatic heterocycles. The van der Waals surface area contributed by atoms with Crippen LogP contribution < -0.4 is 0 Å². The van der Waals surface area contributed by atoms with Gasteiger partial charge in [-0.25, -0.2) is 14.6 Å². The van der Waals surface area contributed by atoms with E-state index in [1.54, 1.807) is 36.4 Å². The van der Waals surface area contributed by atoms with Crippen LogP contribution in [-0.2, 0) is 0 Å². The zero-order valence-electron chi connectivity index (χ0n) is 11.4. The third-order valence-electron chi connectivity index (χ3n) is 3.37. The van der Waals surface area contributed by atoms with Crippen molar-refractivity contribution >= 4 is 22.8 Å². The number of aromatic nitrogens is 1. The van der Waals surface area contributed by atoms with E-state index in [0.29, 0.717) is 5.52 Å². The Balaban J connectivity index is 2.03. The number of pyridine rings is 1. The number of carboxylic acids is 2. The Morgan fingerprint density at radius 3 is 2.09 bits per heavy atom. The summed E-state index contributed by atoms with van der Waals surface area (Å²) < 4.78 is 0. The van der Waals surface area contributed by atoms with Gasteiger partial charge in [-0.05, 0) is 41.5 Å². The lowest BCUT2D eigenvalue weighted by Crippen LogP contribution is -1.99. The molecule has 0 radical (unpaired) electrons. The number of carbonyl (C=O) groups is 2. The highest BCUT2D eigenvalue weighted by Gasteiger charge is 2.07. The fourth-order valence-electron chi connectivity index (χ4n) is 2.23. The van der Waals surface area contributed by atoms with Gasteiger partial charge in [0.1, 0.15) is 5.69 Å². The highest BCUT2D eigenvalue weighted by Crippen LogP contribution is 2.24. The maximum Gasteiger partial charge on any atom is 0.354 e. The van der Waals surface area contributed by atoms with Gasteiger partial charge in [-0.1, -0.05) is 24.3 Å². The lowest BCUT2D eigenvalue weighted by atomic mass is 10.0. The molecule has 0 saturated carbocycles. The zero-order valence-corrected chi connectivity index (χ0v) is 11.4. The molecule has 2 aromatic carbocycles. The van der Waals surface area contributed by atoms with E-state index >= 15 is 0 Å². The number of aromatic carboxylic acids is 2. The zero-order chi connectivity index (χ0) is 15.7. The largest absolute Gasteiger partial charge is 0.478 e. The van der Waals surface area contributed by atoms with Crippen molar-refractivity contribution < 1.29 is 19.8 Å². The summed E-state index contributed by atoms with van der Waals surface area (Å²) in [4.78, 5) is 25.8. The second kappa shape index (κ2) is 5.29. The Morgan fingerprint density at radius 1 is 0.773 bits per heavy atom. The van der Waals surface area contributed by atoms with E-state index < -0.39 is 11.9 Å². The lowest BCUT2D eigenvalue weighted by Gasteiger charge is -2.05. The summed E-state index contributed by atoms with van der Waals surface area (Å²) in [5, 5.41) is 18.7. The minimum Gasteiger partial charge on any atom is -0.478 e. The van der Waals surface area contributed by atoms with E-state index in [4.69, 9.17) is 10.2 Å². The van der Waals surface area contributed by atoms with E-state index in [0.717, 1.165) is 16.5 Å². The molecule has 0 fully saturated rings. The number of hydrogen-bond acceptors (Lipinski definition) is 3. The first kappa shape index (κ1) is 13.8. The number of carboxylic acid groups (broad SMARTS) is 2. The monoisotopic (exact) mass is 293 g/mol. The van der Waals surface area contributed by atoms with E-state index in [1.807, 2.05) is 12.1 Å². The molecule has 0 bridgehead atoms. The van der Waals surface area contributed by atoms with Crippen molar-refractivity contribution in [2.24, 2.45) is 0 Å². The van der Waals surface area contributed by atoms with Crippen LogP contribution in [0.15, 0.2) is 54.6 Å². The molecule has 0 aliphatic carbocycles. The van der Waals surface area contributed by atoms with Gasteiger partial charge in [0.05, 0.1) is 11.1 Å². The molecular weight excluding hydrogens is 282 g/mol. The highest BCUT2D eigenvalue weighted by molar-refractivity contribution is 5.92. The van der Waals surface area contributed by atoms with Gasteiger partial charge in [-0.2, -0.15) is 0 Å². The van der Waals surface area contributed by atoms with Crippen molar-refractivity contribution in [1.82, 2.24) is 4.98 Å². The van der Waals surface area contributed by atoms with Crippen molar-refractivity contribution in [3.8, 4) is 11.1 Å². The summed E-state index contributed by atoms with van der Waals surface area (Å²) in [6.07, 6.45) is 0. The topological polar surface area (TPSA) is 87.5 Å². The Hall–Kier alpha value is -3.21. The van der Waals surface area contributed by atoms with Crippen molar-refractivity contribution in [3.05, 3.63) is 65.9 Å². The fourth-order valence-corrected chi connectivity index (χ4v) is 2.23. The second-order valence-corrected chi connectivity index (χ2v) is 4.79. The number of fused-ring (bicyclic) bond motifs is 1. The van der Waals surface area contributed by atoms with Gasteiger partial charge in [-0.15, -0.1) is 0 Å². The summed E-state index contributed by atoms with van der Waals surface area (Å²) in [6.45, 7) is 0. The molecule has 108 valence electrons. The van der Waals surface area contributed by atoms with Crippen LogP contribution in [0.3, 0.4) is 0 Å². The normalized spacial score (nSPS) is 10.5. The van der Waals surface area contributed by atoms with E-state index in [-0.39, 0.29) is 11.3 Å². The molecule has 5 heteroatoms. The molecule has 3 rings (SSSR count). The summed E-state index contributed by atoms with van der Waals surface area (Å²) in [5.41, 5.74) is 2.64. The second-order valence-electron chi connectivity index (χ2n) is 4.79. The van der Waals surface area contributed by atoms with Gasteiger partial charge < -0.3 is 10.2 Å². The number of benzene rings is 2. The van der Waals surface area contributed by atoms with Gasteiger partial charge in [-0.3, -0.25) is 0 Å². The molecule has 1 heterocycles. The summed E-state index contributed by atoms with van der Waals surface area (Å²) in [7, 11) is 0. The molecular formula is C17H11NO4. The first-order valence-electron chi connectivity index (χ1n) is 6.52. The van der Waals surface area contributed by atoms with Crippen LogP contribution in [0.25, 0.3) is 22.0 Å². The standard InChI is InChI=1S/C17H11NO4/c19-16(20)11-3-1-10(2-4-11)12-5-7-14-13(9-12)6-8-15(18-14)17(21)22/h1-9H,(H,19,20)(H,21,22). The van der Waals surface area contributed by atoms with Crippen LogP contribution in [-0.4, -0.2) is 27.1 Å². The molecule has 0 unspecified atom stereocenters. The van der Waals surface area contributed by atoms with Crippen LogP contribution in [0.2, 0.25) is 0 Å². The molecule has 0 spiro atoms. The third kappa shape index (κ3) is 2.52. The SMILES string of the molecule is O=C(O)c1ccc(-c2ccc3nc(C(=O)O)ccc3c2)cc1. The number of rotatable bonds is 3. The van der Waals surface area contributed by atoms with Crippen LogP contribution in [0.5, 0.6) is 0 Å². The van der Waals surface area contributed by atoms with Gasteiger partial charge in [0.15, 0.2) is 0 Å². The third-order valence-corrected chi connectivity index (χ3v) is 3.37.